The van der Waals surface area contributed by atoms with Crippen LogP contribution in [0.3, 0.4) is 0 Å². The average molecular weight is 607 g/mol. The van der Waals surface area contributed by atoms with E-state index < -0.39 is 23.8 Å². The summed E-state index contributed by atoms with van der Waals surface area (Å²) in [5, 5.41) is 0. The van der Waals surface area contributed by atoms with E-state index in [0.29, 0.717) is 0 Å². The van der Waals surface area contributed by atoms with Gasteiger partial charge in [0.1, 0.15) is 0 Å². The van der Waals surface area contributed by atoms with E-state index >= 15 is 0 Å². The predicted molar refractivity (Wildman–Crippen MR) is 160 cm³/mol. The number of rotatable bonds is 22. The molecule has 0 saturated carbocycles. The van der Waals surface area contributed by atoms with Crippen molar-refractivity contribution in [1.29, 1.82) is 0 Å². The van der Waals surface area contributed by atoms with E-state index in [0.717, 1.165) is 38.5 Å². The molecule has 0 rings (SSSR count). The van der Waals surface area contributed by atoms with Gasteiger partial charge in [0, 0.05) is 36.6 Å². The lowest BCUT2D eigenvalue weighted by atomic mass is 10.3. The molecule has 0 aliphatic heterocycles. The van der Waals surface area contributed by atoms with Crippen molar-refractivity contribution in [2.24, 2.45) is 0 Å². The molecule has 0 aliphatic carbocycles. The Morgan fingerprint density at radius 3 is 0.703 bits per heavy atom. The second-order valence-corrected chi connectivity index (χ2v) is 13.8. The van der Waals surface area contributed by atoms with Crippen LogP contribution < -0.4 is 0 Å². The maximum atomic E-state index is 6.75. The lowest BCUT2D eigenvalue weighted by Crippen LogP contribution is -2.59. The minimum atomic E-state index is -3.76. The molecule has 0 amide bonds. The number of hydrogen-bond donors (Lipinski definition) is 0. The number of halogens is 1. The van der Waals surface area contributed by atoms with Gasteiger partial charge in [-0.05, 0) is 91.0 Å². The van der Waals surface area contributed by atoms with Gasteiger partial charge in [0.15, 0.2) is 0 Å². The van der Waals surface area contributed by atoms with E-state index in [1.54, 1.807) is 0 Å². The summed E-state index contributed by atoms with van der Waals surface area (Å²) in [5.74, 6) is -1.34. The van der Waals surface area contributed by atoms with Crippen LogP contribution in [0.15, 0.2) is 0 Å². The number of alkyl halides is 1. The van der Waals surface area contributed by atoms with E-state index in [9.17, 15) is 0 Å². The molecule has 6 unspecified atom stereocenters. The van der Waals surface area contributed by atoms with Gasteiger partial charge >= 0.3 is 18.1 Å². The molecule has 226 valence electrons. The molecule has 0 bridgehead atoms. The van der Waals surface area contributed by atoms with Crippen LogP contribution in [0.5, 0.6) is 0 Å². The molecule has 0 radical (unpaired) electrons. The molecule has 0 fully saturated rings. The van der Waals surface area contributed by atoms with E-state index in [1.807, 2.05) is 83.1 Å². The van der Waals surface area contributed by atoms with E-state index in [4.69, 9.17) is 47.0 Å². The van der Waals surface area contributed by atoms with Crippen LogP contribution in [0.4, 0.5) is 0 Å². The Morgan fingerprint density at radius 1 is 0.405 bits per heavy atom. The molecule has 6 atom stereocenters. The van der Waals surface area contributed by atoms with Crippen molar-refractivity contribution >= 4 is 40.7 Å². The molecule has 0 N–H and O–H groups in total. The third-order valence-corrected chi connectivity index (χ3v) is 11.6. The van der Waals surface area contributed by atoms with Crippen LogP contribution in [-0.4, -0.2) is 71.4 Å². The summed E-state index contributed by atoms with van der Waals surface area (Å²) in [7, 11) is -7.51. The van der Waals surface area contributed by atoms with Crippen molar-refractivity contribution < 1.29 is 35.4 Å². The Kier molecular flexibility index (Phi) is 22.0. The molecule has 0 aromatic rings. The SMILES string of the molecule is CCC(C)O[Si](OC(C)CC)(OC(C)CC)OC(Cl)O[Si](OC(C)CC)(OC(C)CC)OC(C)CC.[SiH4]. The summed E-state index contributed by atoms with van der Waals surface area (Å²) in [4.78, 5) is 0. The van der Waals surface area contributed by atoms with Crippen molar-refractivity contribution in [3.8, 4) is 0 Å². The third kappa shape index (κ3) is 15.9. The van der Waals surface area contributed by atoms with Crippen molar-refractivity contribution in [3.05, 3.63) is 0 Å². The quantitative estimate of drug-likeness (QED) is 0.0863. The van der Waals surface area contributed by atoms with Gasteiger partial charge in [-0.15, -0.1) is 0 Å². The lowest BCUT2D eigenvalue weighted by Gasteiger charge is -2.38. The smallest absolute Gasteiger partial charge is 0.348 e. The Bertz CT molecular complexity index is 457. The second kappa shape index (κ2) is 20.5. The zero-order valence-corrected chi connectivity index (χ0v) is 27.7. The molecule has 37 heavy (non-hydrogen) atoms. The predicted octanol–water partition coefficient (Wildman–Crippen LogP) is 5.85. The Labute approximate surface area is 239 Å². The van der Waals surface area contributed by atoms with Gasteiger partial charge in [-0.25, -0.2) is 0 Å². The van der Waals surface area contributed by atoms with Crippen LogP contribution >= 0.6 is 11.6 Å². The first-order chi connectivity index (χ1) is 16.8. The van der Waals surface area contributed by atoms with Crippen LogP contribution in [0.1, 0.15) is 122 Å². The molecule has 12 heteroatoms. The van der Waals surface area contributed by atoms with Crippen LogP contribution in [0, 0.1) is 0 Å². The average Bonchev–Trinajstić information content (AvgIpc) is 2.82. The Hall–Kier alpha value is 0.621. The topological polar surface area (TPSA) is 73.8 Å². The van der Waals surface area contributed by atoms with Gasteiger partial charge in [-0.3, -0.25) is 0 Å². The Morgan fingerprint density at radius 2 is 0.568 bits per heavy atom. The summed E-state index contributed by atoms with van der Waals surface area (Å²) in [6.07, 6.45) is 3.52. The van der Waals surface area contributed by atoms with Crippen LogP contribution in [0.2, 0.25) is 0 Å². The fourth-order valence-electron chi connectivity index (χ4n) is 2.56. The van der Waals surface area contributed by atoms with Gasteiger partial charge in [-0.2, -0.15) is 0 Å². The highest BCUT2D eigenvalue weighted by Gasteiger charge is 2.56. The molecule has 8 nitrogen and oxygen atoms in total. The molecule has 0 aromatic heterocycles. The highest BCUT2D eigenvalue weighted by atomic mass is 35.5. The first-order valence-corrected chi connectivity index (χ1v) is 17.6. The maximum Gasteiger partial charge on any atom is 0.683 e. The monoisotopic (exact) mass is 606 g/mol. The summed E-state index contributed by atoms with van der Waals surface area (Å²) in [6.45, 7) is 23.9. The van der Waals surface area contributed by atoms with Crippen molar-refractivity contribution in [2.45, 2.75) is 164 Å². The minimum absolute atomic E-state index is 0. The third-order valence-electron chi connectivity index (χ3n) is 6.00. The maximum absolute atomic E-state index is 6.75. The van der Waals surface area contributed by atoms with Gasteiger partial charge in [0.05, 0.1) is 0 Å². The first kappa shape index (κ1) is 39.8. The van der Waals surface area contributed by atoms with Crippen molar-refractivity contribution in [3.63, 3.8) is 0 Å². The molecule has 0 aliphatic rings. The molecule has 0 heterocycles. The minimum Gasteiger partial charge on any atom is -0.348 e. The lowest BCUT2D eigenvalue weighted by molar-refractivity contribution is -0.155. The van der Waals surface area contributed by atoms with E-state index in [-0.39, 0.29) is 47.6 Å². The van der Waals surface area contributed by atoms with Gasteiger partial charge < -0.3 is 35.4 Å². The van der Waals surface area contributed by atoms with Crippen LogP contribution in [0.25, 0.3) is 0 Å². The van der Waals surface area contributed by atoms with E-state index in [2.05, 4.69) is 0 Å². The second-order valence-electron chi connectivity index (χ2n) is 9.53. The van der Waals surface area contributed by atoms with Gasteiger partial charge in [0.2, 0.25) is 5.75 Å². The fourth-order valence-corrected chi connectivity index (χ4v) is 8.49. The highest BCUT2D eigenvalue weighted by molar-refractivity contribution is 6.56. The largest absolute Gasteiger partial charge is 0.683 e. The number of hydrogen-bond acceptors (Lipinski definition) is 8. The van der Waals surface area contributed by atoms with E-state index in [1.165, 1.54) is 0 Å². The molecular formula is C25H59ClO8Si3. The standard InChI is InChI=1S/C25H55ClO8Si2.H4Si/c1-13-19(7)27-35(28-20(8)14-2,29-21(9)15-3)33-25(26)34-36(30-22(10)16-4,31-23(11)17-5)32-24(12)18-6;/h19-25H,13-18H2,1-12H3;1H4. The molecule has 0 spiro atoms. The van der Waals surface area contributed by atoms with Crippen LogP contribution in [-0.2, 0) is 35.4 Å². The zero-order chi connectivity index (χ0) is 27.9. The summed E-state index contributed by atoms with van der Waals surface area (Å²) >= 11 is 6.75. The van der Waals surface area contributed by atoms with Gasteiger partial charge in [0.25, 0.3) is 0 Å². The normalized spacial score (nSPS) is 21.0. The zero-order valence-electron chi connectivity index (χ0n) is 24.9. The first-order valence-electron chi connectivity index (χ1n) is 13.9. The summed E-state index contributed by atoms with van der Waals surface area (Å²) < 4.78 is 50.5. The Balaban J connectivity index is 0. The summed E-state index contributed by atoms with van der Waals surface area (Å²) in [6, 6.07) is 0. The molecule has 0 aromatic carbocycles. The molecule has 0 saturated heterocycles. The molecular weight excluding hydrogens is 548 g/mol. The summed E-state index contributed by atoms with van der Waals surface area (Å²) in [5.41, 5.74) is 0. The van der Waals surface area contributed by atoms with Gasteiger partial charge in [-0.1, -0.05) is 53.1 Å². The highest BCUT2D eigenvalue weighted by Crippen LogP contribution is 2.29. The van der Waals surface area contributed by atoms with Crippen molar-refractivity contribution in [1.82, 2.24) is 0 Å². The fraction of sp³-hybridized carbons (Fsp3) is 1.00. The van der Waals surface area contributed by atoms with Crippen molar-refractivity contribution in [2.75, 3.05) is 0 Å².